The molecule has 0 aromatic carbocycles. The molecule has 0 saturated heterocycles. The van der Waals surface area contributed by atoms with Crippen molar-refractivity contribution >= 4 is 23.6 Å². The van der Waals surface area contributed by atoms with Gasteiger partial charge in [-0.05, 0) is 26.0 Å². The predicted octanol–water partition coefficient (Wildman–Crippen LogP) is 2.81. The number of aromatic amines is 1. The van der Waals surface area contributed by atoms with Crippen LogP contribution in [-0.2, 0) is 16.1 Å². The molecular weight excluding hydrogens is 385 g/mol. The lowest BCUT2D eigenvalue weighted by atomic mass is 10.2. The number of carbonyl (C=O) groups is 2. The molecule has 0 atom stereocenters. The Kier molecular flexibility index (Phi) is 8.29. The fourth-order valence-electron chi connectivity index (χ4n) is 1.81. The van der Waals surface area contributed by atoms with Crippen molar-refractivity contribution in [2.45, 2.75) is 31.6 Å². The van der Waals surface area contributed by atoms with Crippen molar-refractivity contribution in [2.75, 3.05) is 12.8 Å². The smallest absolute Gasteiger partial charge is 0.475 e. The number of amides is 1. The number of carboxylic acids is 1. The average molecular weight is 404 g/mol. The molecule has 0 fully saturated rings. The summed E-state index contributed by atoms with van der Waals surface area (Å²) in [6, 6.07) is 5.69. The van der Waals surface area contributed by atoms with Gasteiger partial charge in [0.05, 0.1) is 16.5 Å². The SMILES string of the molecule is Cc1n[nH]c(C)c1CN(C)C(=O)CSc1ccccn1.O=C(O)C(F)(F)F. The summed E-state index contributed by atoms with van der Waals surface area (Å²) in [5, 5.41) is 15.1. The number of rotatable bonds is 5. The summed E-state index contributed by atoms with van der Waals surface area (Å²) in [6.45, 7) is 4.49. The van der Waals surface area contributed by atoms with Gasteiger partial charge in [-0.1, -0.05) is 17.8 Å². The molecule has 0 radical (unpaired) electrons. The van der Waals surface area contributed by atoms with Crippen LogP contribution >= 0.6 is 11.8 Å². The molecule has 0 bridgehead atoms. The Labute approximate surface area is 158 Å². The van der Waals surface area contributed by atoms with Crippen LogP contribution in [-0.4, -0.2) is 56.0 Å². The number of hydrogen-bond donors (Lipinski definition) is 2. The fraction of sp³-hybridized carbons (Fsp3) is 0.375. The number of alkyl halides is 3. The van der Waals surface area contributed by atoms with E-state index < -0.39 is 12.1 Å². The quantitative estimate of drug-likeness (QED) is 0.744. The van der Waals surface area contributed by atoms with Gasteiger partial charge in [-0.15, -0.1) is 0 Å². The maximum Gasteiger partial charge on any atom is 0.490 e. The third-order valence-corrected chi connectivity index (χ3v) is 4.25. The molecule has 27 heavy (non-hydrogen) atoms. The molecular formula is C16H19F3N4O3S. The summed E-state index contributed by atoms with van der Waals surface area (Å²) in [5.41, 5.74) is 3.04. The number of nitrogens with one attached hydrogen (secondary N) is 1. The van der Waals surface area contributed by atoms with Gasteiger partial charge < -0.3 is 10.0 Å². The summed E-state index contributed by atoms with van der Waals surface area (Å²) < 4.78 is 31.7. The molecule has 0 saturated carbocycles. The number of aryl methyl sites for hydroxylation is 2. The standard InChI is InChI=1S/C14H18N4OS.C2HF3O2/c1-10-12(11(2)17-16-10)8-18(3)14(19)9-20-13-6-4-5-7-15-13;3-2(4,5)1(6)7/h4-7H,8-9H2,1-3H3,(H,16,17);(H,6,7). The molecule has 1 amide bonds. The lowest BCUT2D eigenvalue weighted by Crippen LogP contribution is -2.28. The first kappa shape index (κ1) is 22.5. The van der Waals surface area contributed by atoms with Crippen LogP contribution < -0.4 is 0 Å². The van der Waals surface area contributed by atoms with Crippen LogP contribution in [0.1, 0.15) is 17.0 Å². The molecule has 2 aromatic rings. The monoisotopic (exact) mass is 404 g/mol. The number of H-pyrrole nitrogens is 1. The van der Waals surface area contributed by atoms with Crippen molar-refractivity contribution in [3.05, 3.63) is 41.3 Å². The van der Waals surface area contributed by atoms with Crippen molar-refractivity contribution in [1.29, 1.82) is 0 Å². The minimum absolute atomic E-state index is 0.0839. The molecule has 0 aliphatic heterocycles. The Morgan fingerprint density at radius 1 is 1.30 bits per heavy atom. The van der Waals surface area contributed by atoms with Gasteiger partial charge >= 0.3 is 12.1 Å². The molecule has 2 rings (SSSR count). The number of carbonyl (C=O) groups excluding carboxylic acids is 1. The number of nitrogens with zero attached hydrogens (tertiary/aromatic N) is 3. The van der Waals surface area contributed by atoms with Crippen molar-refractivity contribution in [3.63, 3.8) is 0 Å². The Morgan fingerprint density at radius 3 is 2.37 bits per heavy atom. The van der Waals surface area contributed by atoms with E-state index in [1.165, 1.54) is 11.8 Å². The second-order valence-electron chi connectivity index (χ2n) is 5.42. The van der Waals surface area contributed by atoms with E-state index in [0.29, 0.717) is 12.3 Å². The van der Waals surface area contributed by atoms with Crippen LogP contribution in [0.25, 0.3) is 0 Å². The maximum absolute atomic E-state index is 12.1. The summed E-state index contributed by atoms with van der Waals surface area (Å²) in [4.78, 5) is 26.9. The zero-order valence-electron chi connectivity index (χ0n) is 14.9. The molecule has 0 spiro atoms. The summed E-state index contributed by atoms with van der Waals surface area (Å²) >= 11 is 1.45. The van der Waals surface area contributed by atoms with E-state index >= 15 is 0 Å². The number of halogens is 3. The van der Waals surface area contributed by atoms with Gasteiger partial charge in [0.15, 0.2) is 0 Å². The van der Waals surface area contributed by atoms with Crippen molar-refractivity contribution in [2.24, 2.45) is 0 Å². The number of thioether (sulfide) groups is 1. The third kappa shape index (κ3) is 7.69. The Bertz CT molecular complexity index is 747. The van der Waals surface area contributed by atoms with E-state index in [4.69, 9.17) is 9.90 Å². The third-order valence-electron chi connectivity index (χ3n) is 3.33. The van der Waals surface area contributed by atoms with Crippen LogP contribution in [0.15, 0.2) is 29.4 Å². The molecule has 0 unspecified atom stereocenters. The topological polar surface area (TPSA) is 99.2 Å². The highest BCUT2D eigenvalue weighted by Gasteiger charge is 2.38. The van der Waals surface area contributed by atoms with Crippen molar-refractivity contribution in [3.8, 4) is 0 Å². The van der Waals surface area contributed by atoms with E-state index in [0.717, 1.165) is 22.0 Å². The summed E-state index contributed by atoms with van der Waals surface area (Å²) in [5.74, 6) is -2.28. The van der Waals surface area contributed by atoms with Crippen molar-refractivity contribution < 1.29 is 27.9 Å². The largest absolute Gasteiger partial charge is 0.490 e. The molecule has 2 aromatic heterocycles. The van der Waals surface area contributed by atoms with Gasteiger partial charge in [0.25, 0.3) is 0 Å². The van der Waals surface area contributed by atoms with E-state index in [1.807, 2.05) is 39.1 Å². The molecule has 7 nitrogen and oxygen atoms in total. The normalized spacial score (nSPS) is 10.7. The number of carboxylic acid groups (broad SMARTS) is 1. The average Bonchev–Trinajstić information content (AvgIpc) is 2.92. The van der Waals surface area contributed by atoms with Gasteiger partial charge in [-0.25, -0.2) is 9.78 Å². The first-order valence-corrected chi connectivity index (χ1v) is 8.59. The zero-order valence-corrected chi connectivity index (χ0v) is 15.7. The number of hydrogen-bond acceptors (Lipinski definition) is 5. The number of pyridine rings is 1. The van der Waals surface area contributed by atoms with Crippen LogP contribution in [0.5, 0.6) is 0 Å². The fourth-order valence-corrected chi connectivity index (χ4v) is 2.61. The van der Waals surface area contributed by atoms with Crippen LogP contribution in [0.4, 0.5) is 13.2 Å². The highest BCUT2D eigenvalue weighted by atomic mass is 32.2. The van der Waals surface area contributed by atoms with Gasteiger partial charge in [0, 0.05) is 31.0 Å². The maximum atomic E-state index is 12.1. The minimum Gasteiger partial charge on any atom is -0.475 e. The van der Waals surface area contributed by atoms with Crippen molar-refractivity contribution in [1.82, 2.24) is 20.1 Å². The molecule has 11 heteroatoms. The lowest BCUT2D eigenvalue weighted by Gasteiger charge is -2.17. The Balaban J connectivity index is 0.000000445. The Morgan fingerprint density at radius 2 is 1.93 bits per heavy atom. The first-order chi connectivity index (χ1) is 12.5. The van der Waals surface area contributed by atoms with E-state index in [2.05, 4.69) is 15.2 Å². The molecule has 2 N–H and O–H groups in total. The van der Waals surface area contributed by atoms with Crippen LogP contribution in [0.2, 0.25) is 0 Å². The van der Waals surface area contributed by atoms with Crippen LogP contribution in [0.3, 0.4) is 0 Å². The molecule has 0 aliphatic carbocycles. The highest BCUT2D eigenvalue weighted by Crippen LogP contribution is 2.16. The summed E-state index contributed by atoms with van der Waals surface area (Å²) in [7, 11) is 1.81. The molecule has 2 heterocycles. The minimum atomic E-state index is -5.08. The second kappa shape index (κ2) is 9.95. The van der Waals surface area contributed by atoms with Gasteiger partial charge in [0.2, 0.25) is 5.91 Å². The molecule has 0 aliphatic rings. The first-order valence-electron chi connectivity index (χ1n) is 7.60. The number of aliphatic carboxylic acids is 1. The number of aromatic nitrogens is 3. The predicted molar refractivity (Wildman–Crippen MR) is 93.2 cm³/mol. The van der Waals surface area contributed by atoms with E-state index in [-0.39, 0.29) is 5.91 Å². The zero-order chi connectivity index (χ0) is 20.6. The summed E-state index contributed by atoms with van der Waals surface area (Å²) in [6.07, 6.45) is -3.35. The second-order valence-corrected chi connectivity index (χ2v) is 6.42. The van der Waals surface area contributed by atoms with Gasteiger partial charge in [-0.2, -0.15) is 18.3 Å². The van der Waals surface area contributed by atoms with E-state index in [1.54, 1.807) is 11.1 Å². The van der Waals surface area contributed by atoms with Gasteiger partial charge in [0.1, 0.15) is 0 Å². The van der Waals surface area contributed by atoms with Crippen LogP contribution in [0, 0.1) is 13.8 Å². The van der Waals surface area contributed by atoms with E-state index in [9.17, 15) is 18.0 Å². The lowest BCUT2D eigenvalue weighted by molar-refractivity contribution is -0.192. The Hall–Kier alpha value is -2.56. The molecule has 148 valence electrons. The highest BCUT2D eigenvalue weighted by molar-refractivity contribution is 7.99. The van der Waals surface area contributed by atoms with Gasteiger partial charge in [-0.3, -0.25) is 9.89 Å².